The van der Waals surface area contributed by atoms with Gasteiger partial charge in [-0.3, -0.25) is 0 Å². The van der Waals surface area contributed by atoms with E-state index in [1.165, 1.54) is 29.0 Å². The number of allylic oxidation sites excluding steroid dienone is 6. The summed E-state index contributed by atoms with van der Waals surface area (Å²) in [5.74, 6) is 0.371. The lowest BCUT2D eigenvalue weighted by atomic mass is 9.81. The normalized spacial score (nSPS) is 23.2. The Morgan fingerprint density at radius 2 is 1.96 bits per heavy atom. The van der Waals surface area contributed by atoms with E-state index >= 15 is 0 Å². The molecule has 0 saturated carbocycles. The van der Waals surface area contributed by atoms with Gasteiger partial charge in [0.2, 0.25) is 5.69 Å². The predicted octanol–water partition coefficient (Wildman–Crippen LogP) is 6.77. The molecule has 3 rings (SSSR count). The van der Waals surface area contributed by atoms with Crippen molar-refractivity contribution in [2.45, 2.75) is 45.4 Å². The standard InChI is InChI=1S/C22H26Cl2N/c1-5-7-15-8-6-9-16(21(15)24)10-13-20-22(2,3)18-14-17(23)11-12-19(18)25(20)4/h5,7,10-15H,6,8-9H2,1-4H3/q+1. The first kappa shape index (κ1) is 18.5. The molecular formula is C22H26Cl2N+. The molecule has 1 nitrogen and oxygen atoms in total. The van der Waals surface area contributed by atoms with E-state index in [1.54, 1.807) is 0 Å². The smallest absolute Gasteiger partial charge is 0.198 e. The van der Waals surface area contributed by atoms with Crippen LogP contribution in [0.3, 0.4) is 0 Å². The maximum absolute atomic E-state index is 6.67. The molecule has 132 valence electrons. The van der Waals surface area contributed by atoms with E-state index in [1.807, 2.05) is 6.07 Å². The Balaban J connectivity index is 1.97. The summed E-state index contributed by atoms with van der Waals surface area (Å²) in [4.78, 5) is 0. The average Bonchev–Trinajstić information content (AvgIpc) is 2.75. The summed E-state index contributed by atoms with van der Waals surface area (Å²) in [6.45, 7) is 6.57. The average molecular weight is 375 g/mol. The highest BCUT2D eigenvalue weighted by atomic mass is 35.5. The van der Waals surface area contributed by atoms with Gasteiger partial charge in [0.05, 0.1) is 5.41 Å². The molecule has 1 aliphatic carbocycles. The van der Waals surface area contributed by atoms with E-state index in [0.29, 0.717) is 5.92 Å². The Hall–Kier alpha value is -1.31. The molecule has 2 aliphatic rings. The Morgan fingerprint density at radius 3 is 2.68 bits per heavy atom. The lowest BCUT2D eigenvalue weighted by molar-refractivity contribution is -0.401. The number of benzene rings is 1. The molecule has 1 atom stereocenters. The molecule has 0 aromatic heterocycles. The molecule has 0 saturated heterocycles. The Bertz CT molecular complexity index is 809. The topological polar surface area (TPSA) is 3.01 Å². The molecule has 0 N–H and O–H groups in total. The Kier molecular flexibility index (Phi) is 5.27. The summed E-state index contributed by atoms with van der Waals surface area (Å²) in [6.07, 6.45) is 12.2. The first-order chi connectivity index (χ1) is 11.9. The number of fused-ring (bicyclic) bond motifs is 1. The minimum absolute atomic E-state index is 0.0735. The van der Waals surface area contributed by atoms with E-state index in [2.05, 4.69) is 68.8 Å². The molecule has 0 spiro atoms. The predicted molar refractivity (Wildman–Crippen MR) is 110 cm³/mol. The van der Waals surface area contributed by atoms with Crippen LogP contribution in [0.25, 0.3) is 0 Å². The third kappa shape index (κ3) is 3.37. The van der Waals surface area contributed by atoms with Gasteiger partial charge >= 0.3 is 0 Å². The second-order valence-corrected chi connectivity index (χ2v) is 8.31. The lowest BCUT2D eigenvalue weighted by Crippen LogP contribution is -2.26. The zero-order valence-electron chi connectivity index (χ0n) is 15.4. The molecule has 1 unspecified atom stereocenters. The van der Waals surface area contributed by atoms with Gasteiger partial charge < -0.3 is 0 Å². The second-order valence-electron chi connectivity index (χ2n) is 7.46. The third-order valence-electron chi connectivity index (χ3n) is 5.46. The van der Waals surface area contributed by atoms with Crippen LogP contribution < -0.4 is 0 Å². The molecule has 25 heavy (non-hydrogen) atoms. The Morgan fingerprint density at radius 1 is 1.20 bits per heavy atom. The minimum Gasteiger partial charge on any atom is -0.198 e. The van der Waals surface area contributed by atoms with Crippen molar-refractivity contribution in [1.29, 1.82) is 0 Å². The van der Waals surface area contributed by atoms with E-state index in [0.717, 1.165) is 22.9 Å². The van der Waals surface area contributed by atoms with Gasteiger partial charge in [-0.05, 0) is 57.7 Å². The van der Waals surface area contributed by atoms with Crippen molar-refractivity contribution in [1.82, 2.24) is 0 Å². The fourth-order valence-corrected chi connectivity index (χ4v) is 4.57. The van der Waals surface area contributed by atoms with Crippen LogP contribution in [-0.4, -0.2) is 17.3 Å². The number of nitrogens with zero attached hydrogens (tertiary/aromatic N) is 1. The van der Waals surface area contributed by atoms with E-state index in [4.69, 9.17) is 23.2 Å². The van der Waals surface area contributed by atoms with Crippen LogP contribution in [0.4, 0.5) is 5.69 Å². The van der Waals surface area contributed by atoms with Gasteiger partial charge in [-0.15, -0.1) is 0 Å². The van der Waals surface area contributed by atoms with Gasteiger partial charge in [0.25, 0.3) is 0 Å². The maximum atomic E-state index is 6.67. The highest BCUT2D eigenvalue weighted by Crippen LogP contribution is 2.41. The first-order valence-electron chi connectivity index (χ1n) is 8.97. The van der Waals surface area contributed by atoms with Crippen LogP contribution in [0.15, 0.2) is 53.1 Å². The monoisotopic (exact) mass is 374 g/mol. The molecule has 0 amide bonds. The largest absolute Gasteiger partial charge is 0.209 e. The maximum Gasteiger partial charge on any atom is 0.209 e. The van der Waals surface area contributed by atoms with Gasteiger partial charge in [0.1, 0.15) is 7.05 Å². The first-order valence-corrected chi connectivity index (χ1v) is 9.72. The zero-order valence-corrected chi connectivity index (χ0v) is 17.0. The van der Waals surface area contributed by atoms with Crippen LogP contribution >= 0.6 is 23.2 Å². The van der Waals surface area contributed by atoms with Crippen LogP contribution in [0, 0.1) is 5.92 Å². The van der Waals surface area contributed by atoms with Crippen molar-refractivity contribution >= 4 is 34.6 Å². The zero-order chi connectivity index (χ0) is 18.2. The van der Waals surface area contributed by atoms with Crippen LogP contribution in [0.1, 0.15) is 45.6 Å². The van der Waals surface area contributed by atoms with Gasteiger partial charge in [-0.1, -0.05) is 41.4 Å². The highest BCUT2D eigenvalue weighted by Gasteiger charge is 2.43. The molecule has 1 aromatic carbocycles. The van der Waals surface area contributed by atoms with Gasteiger partial charge in [0, 0.05) is 33.7 Å². The van der Waals surface area contributed by atoms with Crippen molar-refractivity contribution in [2.24, 2.45) is 5.92 Å². The van der Waals surface area contributed by atoms with Gasteiger partial charge in [-0.2, -0.15) is 4.58 Å². The summed E-state index contributed by atoms with van der Waals surface area (Å²) in [5, 5.41) is 1.79. The summed E-state index contributed by atoms with van der Waals surface area (Å²) >= 11 is 12.9. The van der Waals surface area contributed by atoms with Crippen LogP contribution in [-0.2, 0) is 5.41 Å². The molecule has 0 bridgehead atoms. The van der Waals surface area contributed by atoms with Gasteiger partial charge in [-0.25, -0.2) is 0 Å². The molecule has 1 aliphatic heterocycles. The fourth-order valence-electron chi connectivity index (χ4n) is 4.06. The molecular weight excluding hydrogens is 349 g/mol. The third-order valence-corrected chi connectivity index (χ3v) is 6.21. The fraction of sp³-hybridized carbons (Fsp3) is 0.409. The van der Waals surface area contributed by atoms with E-state index in [9.17, 15) is 0 Å². The second kappa shape index (κ2) is 7.13. The van der Waals surface area contributed by atoms with Crippen molar-refractivity contribution < 1.29 is 4.58 Å². The van der Waals surface area contributed by atoms with Crippen molar-refractivity contribution in [3.8, 4) is 0 Å². The molecule has 1 heterocycles. The van der Waals surface area contributed by atoms with Crippen molar-refractivity contribution in [3.05, 3.63) is 63.7 Å². The summed E-state index contributed by atoms with van der Waals surface area (Å²) in [7, 11) is 2.13. The highest BCUT2D eigenvalue weighted by molar-refractivity contribution is 6.31. The minimum atomic E-state index is -0.0735. The van der Waals surface area contributed by atoms with Crippen molar-refractivity contribution in [3.63, 3.8) is 0 Å². The molecule has 3 heteroatoms. The molecule has 0 radical (unpaired) electrons. The number of hydrogen-bond donors (Lipinski definition) is 0. The number of hydrogen-bond acceptors (Lipinski definition) is 0. The van der Waals surface area contributed by atoms with E-state index < -0.39 is 0 Å². The Labute approximate surface area is 161 Å². The van der Waals surface area contributed by atoms with Gasteiger partial charge in [0.15, 0.2) is 5.71 Å². The number of halogens is 2. The summed E-state index contributed by atoms with van der Waals surface area (Å²) < 4.78 is 2.27. The van der Waals surface area contributed by atoms with Crippen LogP contribution in [0.2, 0.25) is 5.02 Å². The number of rotatable bonds is 3. The SMILES string of the molecule is CC=CC1CCCC(C=CC2=[N+](C)c3ccc(Cl)cc3C2(C)C)=C1Cl. The molecule has 0 fully saturated rings. The molecule has 1 aromatic rings. The van der Waals surface area contributed by atoms with E-state index in [-0.39, 0.29) is 5.41 Å². The summed E-state index contributed by atoms with van der Waals surface area (Å²) in [6, 6.07) is 6.15. The van der Waals surface area contributed by atoms with Crippen molar-refractivity contribution in [2.75, 3.05) is 7.05 Å². The quantitative estimate of drug-likeness (QED) is 0.405. The van der Waals surface area contributed by atoms with Crippen LogP contribution in [0.5, 0.6) is 0 Å². The summed E-state index contributed by atoms with van der Waals surface area (Å²) in [5.41, 5.74) is 4.97. The lowest BCUT2D eigenvalue weighted by Gasteiger charge is -2.21.